The molecule has 128 valence electrons. The van der Waals surface area contributed by atoms with Gasteiger partial charge in [-0.05, 0) is 57.6 Å². The van der Waals surface area contributed by atoms with Gasteiger partial charge in [0, 0.05) is 5.69 Å². The van der Waals surface area contributed by atoms with E-state index in [-0.39, 0.29) is 24.2 Å². The van der Waals surface area contributed by atoms with Crippen molar-refractivity contribution in [1.82, 2.24) is 0 Å². The Balaban J connectivity index is 2.01. The standard InChI is InChI=1S/C16H26BNO4S/c1-12(11-17-21-15(2,3)16(4,5)22-17)13-7-9-14(10-8-13)18-23(6,19)20/h7-10,12,18H,11H2,1-6H3. The molecule has 1 aromatic rings. The molecule has 0 bridgehead atoms. The minimum atomic E-state index is -3.24. The van der Waals surface area contributed by atoms with Crippen molar-refractivity contribution in [2.45, 2.75) is 58.1 Å². The van der Waals surface area contributed by atoms with Gasteiger partial charge in [-0.3, -0.25) is 4.72 Å². The lowest BCUT2D eigenvalue weighted by Gasteiger charge is -2.32. The molecule has 0 radical (unpaired) electrons. The number of sulfonamides is 1. The van der Waals surface area contributed by atoms with Crippen molar-refractivity contribution in [3.8, 4) is 0 Å². The Kier molecular flexibility index (Phi) is 4.86. The van der Waals surface area contributed by atoms with Gasteiger partial charge in [0.2, 0.25) is 10.0 Å². The van der Waals surface area contributed by atoms with E-state index in [1.54, 1.807) is 12.1 Å². The molecule has 1 aliphatic rings. The van der Waals surface area contributed by atoms with Crippen LogP contribution in [0, 0.1) is 0 Å². The first kappa shape index (κ1) is 18.3. The van der Waals surface area contributed by atoms with Crippen LogP contribution in [0.1, 0.15) is 46.1 Å². The Bertz CT molecular complexity index is 639. The van der Waals surface area contributed by atoms with Crippen molar-refractivity contribution in [2.75, 3.05) is 11.0 Å². The third kappa shape index (κ3) is 4.49. The van der Waals surface area contributed by atoms with Gasteiger partial charge in [-0.15, -0.1) is 0 Å². The summed E-state index contributed by atoms with van der Waals surface area (Å²) in [6.45, 7) is 10.3. The maximum atomic E-state index is 11.2. The van der Waals surface area contributed by atoms with Crippen LogP contribution >= 0.6 is 0 Å². The minimum absolute atomic E-state index is 0.233. The molecular formula is C16H26BNO4S. The molecule has 1 heterocycles. The maximum Gasteiger partial charge on any atom is 0.458 e. The summed E-state index contributed by atoms with van der Waals surface area (Å²) < 4.78 is 37.0. The smallest absolute Gasteiger partial charge is 0.403 e. The number of rotatable bonds is 5. The lowest BCUT2D eigenvalue weighted by atomic mass is 9.75. The molecule has 1 aromatic carbocycles. The lowest BCUT2D eigenvalue weighted by Crippen LogP contribution is -2.41. The molecular weight excluding hydrogens is 313 g/mol. The molecule has 0 saturated carbocycles. The summed E-state index contributed by atoms with van der Waals surface area (Å²) in [7, 11) is -3.48. The Hall–Kier alpha value is -1.05. The van der Waals surface area contributed by atoms with Gasteiger partial charge in [0.25, 0.3) is 0 Å². The van der Waals surface area contributed by atoms with Crippen molar-refractivity contribution in [1.29, 1.82) is 0 Å². The Morgan fingerprint density at radius 2 is 1.57 bits per heavy atom. The van der Waals surface area contributed by atoms with Crippen molar-refractivity contribution in [2.24, 2.45) is 0 Å². The Morgan fingerprint density at radius 1 is 1.09 bits per heavy atom. The van der Waals surface area contributed by atoms with E-state index in [0.717, 1.165) is 18.1 Å². The fourth-order valence-electron chi connectivity index (χ4n) is 2.58. The molecule has 1 saturated heterocycles. The third-order valence-electron chi connectivity index (χ3n) is 4.63. The summed E-state index contributed by atoms with van der Waals surface area (Å²) in [5.74, 6) is 0.247. The lowest BCUT2D eigenvalue weighted by molar-refractivity contribution is 0.00578. The maximum absolute atomic E-state index is 11.2. The average molecular weight is 339 g/mol. The van der Waals surface area contributed by atoms with Crippen LogP contribution < -0.4 is 4.72 Å². The normalized spacial score (nSPS) is 21.2. The molecule has 0 aliphatic carbocycles. The van der Waals surface area contributed by atoms with Crippen LogP contribution in [0.3, 0.4) is 0 Å². The van der Waals surface area contributed by atoms with Crippen LogP contribution in [0.2, 0.25) is 6.32 Å². The van der Waals surface area contributed by atoms with Gasteiger partial charge in [0.1, 0.15) is 0 Å². The predicted molar refractivity (Wildman–Crippen MR) is 94.2 cm³/mol. The van der Waals surface area contributed by atoms with Crippen molar-refractivity contribution in [3.63, 3.8) is 0 Å². The molecule has 0 amide bonds. The van der Waals surface area contributed by atoms with Crippen LogP contribution in [0.25, 0.3) is 0 Å². The predicted octanol–water partition coefficient (Wildman–Crippen LogP) is 3.25. The first-order valence-corrected chi connectivity index (χ1v) is 9.72. The SMILES string of the molecule is CC(CB1OC(C)(C)C(C)(C)O1)c1ccc(NS(C)(=O)=O)cc1. The second-order valence-corrected chi connectivity index (χ2v) is 9.07. The molecule has 2 rings (SSSR count). The van der Waals surface area contributed by atoms with Crippen LogP contribution in [0.4, 0.5) is 5.69 Å². The van der Waals surface area contributed by atoms with Crippen LogP contribution in [0.15, 0.2) is 24.3 Å². The number of benzene rings is 1. The van der Waals surface area contributed by atoms with E-state index in [0.29, 0.717) is 5.69 Å². The molecule has 7 heteroatoms. The highest BCUT2D eigenvalue weighted by Gasteiger charge is 2.51. The average Bonchev–Trinajstić information content (AvgIpc) is 2.55. The van der Waals surface area contributed by atoms with Gasteiger partial charge < -0.3 is 9.31 Å². The first-order chi connectivity index (χ1) is 10.4. The molecule has 0 aromatic heterocycles. The molecule has 1 unspecified atom stereocenters. The van der Waals surface area contributed by atoms with E-state index in [4.69, 9.17) is 9.31 Å². The Labute approximate surface area is 140 Å². The highest BCUT2D eigenvalue weighted by atomic mass is 32.2. The summed E-state index contributed by atoms with van der Waals surface area (Å²) in [4.78, 5) is 0. The number of hydrogen-bond donors (Lipinski definition) is 1. The van der Waals surface area contributed by atoms with Gasteiger partial charge in [0.15, 0.2) is 0 Å². The molecule has 1 N–H and O–H groups in total. The van der Waals surface area contributed by atoms with Gasteiger partial charge in [0.05, 0.1) is 17.5 Å². The van der Waals surface area contributed by atoms with E-state index >= 15 is 0 Å². The zero-order valence-corrected chi connectivity index (χ0v) is 15.5. The van der Waals surface area contributed by atoms with Crippen LogP contribution in [-0.2, 0) is 19.3 Å². The molecule has 1 aliphatic heterocycles. The molecule has 5 nitrogen and oxygen atoms in total. The summed E-state index contributed by atoms with van der Waals surface area (Å²) in [6.07, 6.45) is 1.90. The zero-order chi connectivity index (χ0) is 17.5. The summed E-state index contributed by atoms with van der Waals surface area (Å²) >= 11 is 0. The number of hydrogen-bond acceptors (Lipinski definition) is 4. The second kappa shape index (κ2) is 6.11. The fraction of sp³-hybridized carbons (Fsp3) is 0.625. The Morgan fingerprint density at radius 3 is 2.00 bits per heavy atom. The number of anilines is 1. The topological polar surface area (TPSA) is 64.6 Å². The van der Waals surface area contributed by atoms with Crippen molar-refractivity contribution >= 4 is 22.8 Å². The third-order valence-corrected chi connectivity index (χ3v) is 5.24. The molecule has 0 spiro atoms. The van der Waals surface area contributed by atoms with Gasteiger partial charge in [-0.25, -0.2) is 8.42 Å². The zero-order valence-electron chi connectivity index (χ0n) is 14.7. The fourth-order valence-corrected chi connectivity index (χ4v) is 3.14. The monoisotopic (exact) mass is 339 g/mol. The molecule has 1 atom stereocenters. The quantitative estimate of drug-likeness (QED) is 0.837. The van der Waals surface area contributed by atoms with E-state index in [2.05, 4.69) is 11.6 Å². The van der Waals surface area contributed by atoms with E-state index in [1.165, 1.54) is 0 Å². The van der Waals surface area contributed by atoms with E-state index in [9.17, 15) is 8.42 Å². The van der Waals surface area contributed by atoms with Crippen LogP contribution in [0.5, 0.6) is 0 Å². The highest BCUT2D eigenvalue weighted by Crippen LogP contribution is 2.39. The first-order valence-electron chi connectivity index (χ1n) is 7.83. The van der Waals surface area contributed by atoms with Crippen LogP contribution in [-0.4, -0.2) is 33.0 Å². The highest BCUT2D eigenvalue weighted by molar-refractivity contribution is 7.92. The summed E-state index contributed by atoms with van der Waals surface area (Å²) in [5.41, 5.74) is 1.05. The van der Waals surface area contributed by atoms with Gasteiger partial charge >= 0.3 is 7.12 Å². The molecule has 1 fully saturated rings. The van der Waals surface area contributed by atoms with Crippen molar-refractivity contribution in [3.05, 3.63) is 29.8 Å². The van der Waals surface area contributed by atoms with E-state index in [1.807, 2.05) is 39.8 Å². The minimum Gasteiger partial charge on any atom is -0.403 e. The second-order valence-electron chi connectivity index (χ2n) is 7.32. The van der Waals surface area contributed by atoms with Crippen molar-refractivity contribution < 1.29 is 17.7 Å². The van der Waals surface area contributed by atoms with Gasteiger partial charge in [-0.1, -0.05) is 19.1 Å². The molecule has 23 heavy (non-hydrogen) atoms. The van der Waals surface area contributed by atoms with Gasteiger partial charge in [-0.2, -0.15) is 0 Å². The summed E-state index contributed by atoms with van der Waals surface area (Å²) in [5, 5.41) is 0. The largest absolute Gasteiger partial charge is 0.458 e. The number of nitrogens with one attached hydrogen (secondary N) is 1. The summed E-state index contributed by atoms with van der Waals surface area (Å²) in [6, 6.07) is 7.42. The van der Waals surface area contributed by atoms with E-state index < -0.39 is 10.0 Å².